The highest BCUT2D eigenvalue weighted by molar-refractivity contribution is 7.89. The summed E-state index contributed by atoms with van der Waals surface area (Å²) in [5.41, 5.74) is 1.34. The van der Waals surface area contributed by atoms with Gasteiger partial charge >= 0.3 is 5.97 Å². The second-order valence-electron chi connectivity index (χ2n) is 6.90. The maximum absolute atomic E-state index is 13.0. The number of esters is 1. The Bertz CT molecular complexity index is 1130. The molecular formula is C20H23N3O6S. The molecule has 1 saturated heterocycles. The summed E-state index contributed by atoms with van der Waals surface area (Å²) in [7, 11) is -3.62. The van der Waals surface area contributed by atoms with E-state index in [2.05, 4.69) is 4.98 Å². The lowest BCUT2D eigenvalue weighted by atomic mass is 10.3. The van der Waals surface area contributed by atoms with E-state index in [1.165, 1.54) is 16.6 Å². The highest BCUT2D eigenvalue weighted by Crippen LogP contribution is 2.24. The molecule has 9 nitrogen and oxygen atoms in total. The van der Waals surface area contributed by atoms with Crippen LogP contribution < -0.4 is 0 Å². The molecule has 0 spiro atoms. The fourth-order valence-electron chi connectivity index (χ4n) is 3.44. The number of aromatic nitrogens is 2. The van der Waals surface area contributed by atoms with Crippen LogP contribution >= 0.6 is 0 Å². The van der Waals surface area contributed by atoms with Gasteiger partial charge in [-0.25, -0.2) is 18.2 Å². The standard InChI is InChI=1S/C20H23N3O6S/c1-2-7-23-17-6-5-15(30(25,26)22-8-11-27-12-9-22)13-16(17)21-19(23)14-29-20(24)18-4-3-10-28-18/h3-6,10,13H,2,7-9,11-12,14H2,1H3. The molecule has 0 atom stereocenters. The van der Waals surface area contributed by atoms with Crippen LogP contribution in [0.15, 0.2) is 45.9 Å². The van der Waals surface area contributed by atoms with Gasteiger partial charge in [0.25, 0.3) is 0 Å². The molecule has 3 heterocycles. The molecule has 160 valence electrons. The normalized spacial score (nSPS) is 15.5. The fourth-order valence-corrected chi connectivity index (χ4v) is 4.86. The maximum Gasteiger partial charge on any atom is 0.374 e. The number of hydrogen-bond acceptors (Lipinski definition) is 7. The molecule has 1 aliphatic rings. The minimum Gasteiger partial charge on any atom is -0.457 e. The molecule has 1 fully saturated rings. The highest BCUT2D eigenvalue weighted by atomic mass is 32.2. The van der Waals surface area contributed by atoms with E-state index in [9.17, 15) is 13.2 Å². The van der Waals surface area contributed by atoms with Crippen molar-refractivity contribution in [1.82, 2.24) is 13.9 Å². The first-order valence-electron chi connectivity index (χ1n) is 9.78. The number of ether oxygens (including phenoxy) is 2. The number of fused-ring (bicyclic) bond motifs is 1. The summed E-state index contributed by atoms with van der Waals surface area (Å²) >= 11 is 0. The number of hydrogen-bond donors (Lipinski definition) is 0. The molecule has 0 radical (unpaired) electrons. The quantitative estimate of drug-likeness (QED) is 0.527. The molecule has 0 amide bonds. The van der Waals surface area contributed by atoms with E-state index in [4.69, 9.17) is 13.9 Å². The summed E-state index contributed by atoms with van der Waals surface area (Å²) in [5.74, 6) is 0.0883. The van der Waals surface area contributed by atoms with Crippen LogP contribution in [-0.4, -0.2) is 54.5 Å². The maximum atomic E-state index is 13.0. The van der Waals surface area contributed by atoms with Crippen molar-refractivity contribution >= 4 is 27.0 Å². The van der Waals surface area contributed by atoms with Gasteiger partial charge in [0.05, 0.1) is 35.4 Å². The van der Waals surface area contributed by atoms with E-state index in [1.807, 2.05) is 11.5 Å². The smallest absolute Gasteiger partial charge is 0.374 e. The minimum absolute atomic E-state index is 0.0419. The van der Waals surface area contributed by atoms with Gasteiger partial charge in [0.2, 0.25) is 15.8 Å². The van der Waals surface area contributed by atoms with Crippen molar-refractivity contribution < 1.29 is 27.1 Å². The van der Waals surface area contributed by atoms with Gasteiger partial charge < -0.3 is 18.5 Å². The van der Waals surface area contributed by atoms with Crippen LogP contribution in [0.1, 0.15) is 29.7 Å². The fraction of sp³-hybridized carbons (Fsp3) is 0.400. The number of rotatable bonds is 7. The molecule has 0 saturated carbocycles. The van der Waals surface area contributed by atoms with Gasteiger partial charge in [0.1, 0.15) is 12.4 Å². The molecule has 0 N–H and O–H groups in total. The molecule has 10 heteroatoms. The van der Waals surface area contributed by atoms with Crippen molar-refractivity contribution in [3.05, 3.63) is 48.2 Å². The van der Waals surface area contributed by atoms with Gasteiger partial charge in [-0.3, -0.25) is 0 Å². The Morgan fingerprint density at radius 2 is 2.03 bits per heavy atom. The highest BCUT2D eigenvalue weighted by Gasteiger charge is 2.27. The Labute approximate surface area is 174 Å². The molecule has 4 rings (SSSR count). The predicted octanol–water partition coefficient (Wildman–Crippen LogP) is 2.42. The summed E-state index contributed by atoms with van der Waals surface area (Å²) in [5, 5.41) is 0. The second-order valence-corrected chi connectivity index (χ2v) is 8.84. The molecule has 0 bridgehead atoms. The van der Waals surface area contributed by atoms with Crippen LogP contribution in [-0.2, 0) is 32.6 Å². The van der Waals surface area contributed by atoms with Gasteiger partial charge in [-0.1, -0.05) is 6.92 Å². The van der Waals surface area contributed by atoms with Crippen molar-refractivity contribution in [3.63, 3.8) is 0 Å². The molecule has 2 aromatic heterocycles. The average molecular weight is 433 g/mol. The lowest BCUT2D eigenvalue weighted by molar-refractivity contribution is 0.0422. The SMILES string of the molecule is CCCn1c(COC(=O)c2ccco2)nc2cc(S(=O)(=O)N3CCOCC3)ccc21. The number of nitrogens with zero attached hydrogens (tertiary/aromatic N) is 3. The number of carbonyl (C=O) groups is 1. The summed E-state index contributed by atoms with van der Waals surface area (Å²) in [4.78, 5) is 16.8. The zero-order chi connectivity index (χ0) is 21.1. The van der Waals surface area contributed by atoms with Crippen molar-refractivity contribution in [2.24, 2.45) is 0 Å². The number of carbonyl (C=O) groups excluding carboxylic acids is 1. The molecule has 30 heavy (non-hydrogen) atoms. The molecular weight excluding hydrogens is 410 g/mol. The minimum atomic E-state index is -3.62. The Morgan fingerprint density at radius 1 is 1.23 bits per heavy atom. The largest absolute Gasteiger partial charge is 0.457 e. The number of benzene rings is 1. The third-order valence-corrected chi connectivity index (χ3v) is 6.80. The average Bonchev–Trinajstić information content (AvgIpc) is 3.41. The summed E-state index contributed by atoms with van der Waals surface area (Å²) in [6, 6.07) is 8.06. The first kappa shape index (κ1) is 20.6. The van der Waals surface area contributed by atoms with Gasteiger partial charge in [0, 0.05) is 19.6 Å². The zero-order valence-electron chi connectivity index (χ0n) is 16.6. The number of imidazole rings is 1. The van der Waals surface area contributed by atoms with Crippen LogP contribution in [0.5, 0.6) is 0 Å². The van der Waals surface area contributed by atoms with Crippen molar-refractivity contribution in [2.45, 2.75) is 31.4 Å². The van der Waals surface area contributed by atoms with E-state index in [0.717, 1.165) is 11.9 Å². The van der Waals surface area contributed by atoms with E-state index >= 15 is 0 Å². The lowest BCUT2D eigenvalue weighted by Crippen LogP contribution is -2.40. The van der Waals surface area contributed by atoms with E-state index in [-0.39, 0.29) is 17.3 Å². The Kier molecular flexibility index (Phi) is 5.89. The second kappa shape index (κ2) is 8.58. The first-order valence-corrected chi connectivity index (χ1v) is 11.2. The van der Waals surface area contributed by atoms with Crippen LogP contribution in [0.4, 0.5) is 0 Å². The summed E-state index contributed by atoms with van der Waals surface area (Å²) in [6.07, 6.45) is 2.25. The molecule has 1 aliphatic heterocycles. The zero-order valence-corrected chi connectivity index (χ0v) is 17.4. The van der Waals surface area contributed by atoms with E-state index in [0.29, 0.717) is 44.2 Å². The van der Waals surface area contributed by atoms with Gasteiger partial charge in [-0.2, -0.15) is 4.31 Å². The van der Waals surface area contributed by atoms with Gasteiger partial charge in [0.15, 0.2) is 0 Å². The first-order chi connectivity index (χ1) is 14.5. The topological polar surface area (TPSA) is 104 Å². The molecule has 0 unspecified atom stereocenters. The van der Waals surface area contributed by atoms with Crippen LogP contribution in [0.2, 0.25) is 0 Å². The van der Waals surface area contributed by atoms with Crippen LogP contribution in [0, 0.1) is 0 Å². The van der Waals surface area contributed by atoms with E-state index in [1.54, 1.807) is 24.3 Å². The Hall–Kier alpha value is -2.69. The Morgan fingerprint density at radius 3 is 2.73 bits per heavy atom. The monoisotopic (exact) mass is 433 g/mol. The van der Waals surface area contributed by atoms with Crippen molar-refractivity contribution in [1.29, 1.82) is 0 Å². The third-order valence-electron chi connectivity index (χ3n) is 4.91. The number of sulfonamides is 1. The molecule has 1 aromatic carbocycles. The van der Waals surface area contributed by atoms with Crippen molar-refractivity contribution in [2.75, 3.05) is 26.3 Å². The lowest BCUT2D eigenvalue weighted by Gasteiger charge is -2.26. The van der Waals surface area contributed by atoms with Crippen LogP contribution in [0.3, 0.4) is 0 Å². The predicted molar refractivity (Wildman–Crippen MR) is 107 cm³/mol. The number of aryl methyl sites for hydroxylation is 1. The number of furan rings is 1. The van der Waals surface area contributed by atoms with Crippen LogP contribution in [0.25, 0.3) is 11.0 Å². The Balaban J connectivity index is 1.63. The van der Waals surface area contributed by atoms with E-state index < -0.39 is 16.0 Å². The van der Waals surface area contributed by atoms with Crippen molar-refractivity contribution in [3.8, 4) is 0 Å². The van der Waals surface area contributed by atoms with Gasteiger partial charge in [-0.05, 0) is 36.8 Å². The summed E-state index contributed by atoms with van der Waals surface area (Å²) < 4.78 is 44.9. The third kappa shape index (κ3) is 3.98. The molecule has 3 aromatic rings. The molecule has 0 aliphatic carbocycles. The van der Waals surface area contributed by atoms with Gasteiger partial charge in [-0.15, -0.1) is 0 Å². The summed E-state index contributed by atoms with van der Waals surface area (Å²) in [6.45, 7) is 4.09. The number of morpholine rings is 1.